The Labute approximate surface area is 167 Å². The third kappa shape index (κ3) is 3.53. The molecule has 0 bridgehead atoms. The van der Waals surface area contributed by atoms with Crippen LogP contribution in [0.4, 0.5) is 5.69 Å². The normalized spacial score (nSPS) is 20.0. The summed E-state index contributed by atoms with van der Waals surface area (Å²) in [6, 6.07) is 14.1. The number of benzene rings is 2. The number of anilines is 1. The average molecular weight is 399 g/mol. The van der Waals surface area contributed by atoms with Crippen molar-refractivity contribution in [2.75, 3.05) is 23.9 Å². The highest BCUT2D eigenvalue weighted by Gasteiger charge is 2.29. The smallest absolute Gasteiger partial charge is 0.264 e. The summed E-state index contributed by atoms with van der Waals surface area (Å²) in [5, 5.41) is 0. The van der Waals surface area contributed by atoms with Crippen LogP contribution in [0.3, 0.4) is 0 Å². The molecule has 0 radical (unpaired) electrons. The van der Waals surface area contributed by atoms with E-state index in [0.717, 1.165) is 50.0 Å². The SMILES string of the molecule is CC1CCCN(C(=O)c2ccc(S(=O)(=O)N3CCCc4ccccc43)cc2)C1. The number of para-hydroxylation sites is 1. The van der Waals surface area contributed by atoms with Crippen molar-refractivity contribution in [2.45, 2.75) is 37.5 Å². The van der Waals surface area contributed by atoms with Gasteiger partial charge in [0.1, 0.15) is 0 Å². The molecular formula is C22H26N2O3S. The second-order valence-electron chi connectivity index (χ2n) is 7.83. The predicted molar refractivity (Wildman–Crippen MR) is 110 cm³/mol. The second kappa shape index (κ2) is 7.59. The monoisotopic (exact) mass is 398 g/mol. The van der Waals surface area contributed by atoms with E-state index in [0.29, 0.717) is 18.0 Å². The Kier molecular flexibility index (Phi) is 5.15. The molecule has 4 rings (SSSR count). The van der Waals surface area contributed by atoms with Crippen LogP contribution < -0.4 is 4.31 Å². The molecular weight excluding hydrogens is 372 g/mol. The molecule has 5 nitrogen and oxygen atoms in total. The molecule has 2 aliphatic heterocycles. The number of rotatable bonds is 3. The number of nitrogens with zero attached hydrogens (tertiary/aromatic N) is 2. The lowest BCUT2D eigenvalue weighted by Gasteiger charge is -2.31. The number of carbonyl (C=O) groups is 1. The van der Waals surface area contributed by atoms with Gasteiger partial charge in [-0.25, -0.2) is 8.42 Å². The minimum absolute atomic E-state index is 0.0150. The molecule has 0 spiro atoms. The quantitative estimate of drug-likeness (QED) is 0.792. The molecule has 1 fully saturated rings. The first-order chi connectivity index (χ1) is 13.5. The van der Waals surface area contributed by atoms with Gasteiger partial charge < -0.3 is 4.90 Å². The van der Waals surface area contributed by atoms with Crippen molar-refractivity contribution in [3.63, 3.8) is 0 Å². The first-order valence-corrected chi connectivity index (χ1v) is 11.4. The maximum atomic E-state index is 13.2. The zero-order valence-corrected chi connectivity index (χ0v) is 17.0. The number of hydrogen-bond donors (Lipinski definition) is 0. The largest absolute Gasteiger partial charge is 0.338 e. The van der Waals surface area contributed by atoms with Crippen LogP contribution in [0.1, 0.15) is 42.1 Å². The molecule has 0 saturated carbocycles. The first kappa shape index (κ1) is 19.0. The van der Waals surface area contributed by atoms with Crippen molar-refractivity contribution in [1.29, 1.82) is 0 Å². The maximum Gasteiger partial charge on any atom is 0.264 e. The average Bonchev–Trinajstić information content (AvgIpc) is 2.73. The summed E-state index contributed by atoms with van der Waals surface area (Å²) in [6.45, 7) is 4.18. The molecule has 6 heteroatoms. The fourth-order valence-electron chi connectivity index (χ4n) is 4.20. The van der Waals surface area contributed by atoms with Gasteiger partial charge in [0.25, 0.3) is 15.9 Å². The number of piperidine rings is 1. The number of aryl methyl sites for hydroxylation is 1. The van der Waals surface area contributed by atoms with E-state index in [9.17, 15) is 13.2 Å². The highest BCUT2D eigenvalue weighted by atomic mass is 32.2. The van der Waals surface area contributed by atoms with Gasteiger partial charge in [-0.3, -0.25) is 9.10 Å². The molecule has 2 aliphatic rings. The van der Waals surface area contributed by atoms with Crippen LogP contribution in [0.15, 0.2) is 53.4 Å². The lowest BCUT2D eigenvalue weighted by Crippen LogP contribution is -2.39. The van der Waals surface area contributed by atoms with Gasteiger partial charge in [-0.1, -0.05) is 25.1 Å². The number of fused-ring (bicyclic) bond motifs is 1. The van der Waals surface area contributed by atoms with Crippen LogP contribution in [0.2, 0.25) is 0 Å². The fraction of sp³-hybridized carbons (Fsp3) is 0.409. The van der Waals surface area contributed by atoms with Crippen LogP contribution >= 0.6 is 0 Å². The van der Waals surface area contributed by atoms with E-state index in [1.807, 2.05) is 29.2 Å². The second-order valence-corrected chi connectivity index (χ2v) is 9.69. The molecule has 1 saturated heterocycles. The van der Waals surface area contributed by atoms with Crippen molar-refractivity contribution in [2.24, 2.45) is 5.92 Å². The van der Waals surface area contributed by atoms with Crippen molar-refractivity contribution in [3.05, 3.63) is 59.7 Å². The third-order valence-corrected chi connectivity index (χ3v) is 7.53. The Morgan fingerprint density at radius 3 is 2.50 bits per heavy atom. The molecule has 0 aliphatic carbocycles. The predicted octanol–water partition coefficient (Wildman–Crippen LogP) is 3.70. The maximum absolute atomic E-state index is 13.2. The summed E-state index contributed by atoms with van der Waals surface area (Å²) in [5.41, 5.74) is 2.37. The Hall–Kier alpha value is -2.34. The topological polar surface area (TPSA) is 57.7 Å². The number of carbonyl (C=O) groups excluding carboxylic acids is 1. The van der Waals surface area contributed by atoms with E-state index in [4.69, 9.17) is 0 Å². The third-order valence-electron chi connectivity index (χ3n) is 5.70. The van der Waals surface area contributed by atoms with Crippen LogP contribution in [0, 0.1) is 5.92 Å². The van der Waals surface area contributed by atoms with Crippen molar-refractivity contribution in [3.8, 4) is 0 Å². The van der Waals surface area contributed by atoms with Gasteiger partial charge >= 0.3 is 0 Å². The minimum atomic E-state index is -3.64. The van der Waals surface area contributed by atoms with Crippen LogP contribution in [0.5, 0.6) is 0 Å². The molecule has 2 aromatic rings. The van der Waals surface area contributed by atoms with Gasteiger partial charge in [0.15, 0.2) is 0 Å². The number of sulfonamides is 1. The summed E-state index contributed by atoms with van der Waals surface area (Å²) in [6.07, 6.45) is 3.87. The summed E-state index contributed by atoms with van der Waals surface area (Å²) < 4.78 is 27.9. The Bertz CT molecular complexity index is 970. The van der Waals surface area contributed by atoms with E-state index in [1.165, 1.54) is 4.31 Å². The standard InChI is InChI=1S/C22H26N2O3S/c1-17-6-4-14-23(16-17)22(25)19-10-12-20(13-11-19)28(26,27)24-15-5-8-18-7-2-3-9-21(18)24/h2-3,7,9-13,17H,4-6,8,14-16H2,1H3. The fourth-order valence-corrected chi connectivity index (χ4v) is 5.74. The lowest BCUT2D eigenvalue weighted by molar-refractivity contribution is 0.0683. The Morgan fingerprint density at radius 2 is 1.75 bits per heavy atom. The zero-order chi connectivity index (χ0) is 19.7. The van der Waals surface area contributed by atoms with Crippen LogP contribution in [0.25, 0.3) is 0 Å². The number of likely N-dealkylation sites (tertiary alicyclic amines) is 1. The number of amides is 1. The van der Waals surface area contributed by atoms with Gasteiger partial charge in [0.2, 0.25) is 0 Å². The highest BCUT2D eigenvalue weighted by Crippen LogP contribution is 2.32. The summed E-state index contributed by atoms with van der Waals surface area (Å²) in [4.78, 5) is 14.8. The molecule has 2 aromatic carbocycles. The Morgan fingerprint density at radius 1 is 1.00 bits per heavy atom. The van der Waals surface area contributed by atoms with Crippen molar-refractivity contribution < 1.29 is 13.2 Å². The van der Waals surface area contributed by atoms with Gasteiger partial charge in [-0.05, 0) is 67.5 Å². The van der Waals surface area contributed by atoms with E-state index < -0.39 is 10.0 Å². The van der Waals surface area contributed by atoms with Gasteiger partial charge in [0.05, 0.1) is 10.6 Å². The van der Waals surface area contributed by atoms with E-state index >= 15 is 0 Å². The lowest BCUT2D eigenvalue weighted by atomic mass is 9.99. The van der Waals surface area contributed by atoms with Crippen LogP contribution in [-0.4, -0.2) is 38.9 Å². The summed E-state index contributed by atoms with van der Waals surface area (Å²) in [7, 11) is -3.64. The molecule has 1 amide bonds. The molecule has 1 unspecified atom stereocenters. The first-order valence-electron chi connectivity index (χ1n) is 9.97. The van der Waals surface area contributed by atoms with Crippen LogP contribution in [-0.2, 0) is 16.4 Å². The molecule has 0 N–H and O–H groups in total. The molecule has 0 aromatic heterocycles. The highest BCUT2D eigenvalue weighted by molar-refractivity contribution is 7.92. The van der Waals surface area contributed by atoms with Gasteiger partial charge in [-0.15, -0.1) is 0 Å². The van der Waals surface area contributed by atoms with E-state index in [2.05, 4.69) is 6.92 Å². The van der Waals surface area contributed by atoms with E-state index in [-0.39, 0.29) is 10.8 Å². The van der Waals surface area contributed by atoms with Crippen molar-refractivity contribution >= 4 is 21.6 Å². The summed E-state index contributed by atoms with van der Waals surface area (Å²) >= 11 is 0. The molecule has 28 heavy (non-hydrogen) atoms. The van der Waals surface area contributed by atoms with E-state index in [1.54, 1.807) is 24.3 Å². The Balaban J connectivity index is 1.58. The molecule has 148 valence electrons. The molecule has 2 heterocycles. The summed E-state index contributed by atoms with van der Waals surface area (Å²) in [5.74, 6) is 0.496. The zero-order valence-electron chi connectivity index (χ0n) is 16.2. The minimum Gasteiger partial charge on any atom is -0.338 e. The van der Waals surface area contributed by atoms with Gasteiger partial charge in [0, 0.05) is 25.2 Å². The van der Waals surface area contributed by atoms with Crippen molar-refractivity contribution in [1.82, 2.24) is 4.90 Å². The number of hydrogen-bond acceptors (Lipinski definition) is 3. The molecule has 1 atom stereocenters. The van der Waals surface area contributed by atoms with Gasteiger partial charge in [-0.2, -0.15) is 0 Å².